The first-order valence-electron chi connectivity index (χ1n) is 6.83. The molecule has 0 bridgehead atoms. The lowest BCUT2D eigenvalue weighted by Gasteiger charge is -2.11. The zero-order valence-electron chi connectivity index (χ0n) is 12.5. The van der Waals surface area contributed by atoms with Gasteiger partial charge in [0.25, 0.3) is 10.0 Å². The van der Waals surface area contributed by atoms with Crippen molar-refractivity contribution in [3.05, 3.63) is 54.1 Å². The number of aromatic carboxylic acids is 1. The lowest BCUT2D eigenvalue weighted by molar-refractivity contribution is 0.0697. The predicted octanol–water partition coefficient (Wildman–Crippen LogP) is 2.94. The average molecular weight is 347 g/mol. The van der Waals surface area contributed by atoms with Crippen LogP contribution in [0.15, 0.2) is 58.0 Å². The minimum absolute atomic E-state index is 0.0119. The number of methoxy groups -OCH3 is 1. The van der Waals surface area contributed by atoms with E-state index in [1.165, 1.54) is 31.4 Å². The van der Waals surface area contributed by atoms with Crippen LogP contribution in [0.2, 0.25) is 0 Å². The van der Waals surface area contributed by atoms with E-state index in [4.69, 9.17) is 14.3 Å². The van der Waals surface area contributed by atoms with E-state index in [0.29, 0.717) is 11.0 Å². The van der Waals surface area contributed by atoms with Gasteiger partial charge in [0.1, 0.15) is 11.3 Å². The Hall–Kier alpha value is -3.00. The number of carboxylic acid groups (broad SMARTS) is 1. The van der Waals surface area contributed by atoms with Crippen molar-refractivity contribution in [1.82, 2.24) is 0 Å². The number of para-hydroxylation sites is 1. The van der Waals surface area contributed by atoms with Crippen LogP contribution < -0.4 is 9.46 Å². The van der Waals surface area contributed by atoms with Crippen molar-refractivity contribution in [1.29, 1.82) is 0 Å². The Morgan fingerprint density at radius 1 is 1.17 bits per heavy atom. The Labute approximate surface area is 137 Å². The molecule has 0 aliphatic rings. The molecular formula is C16H13NO6S. The van der Waals surface area contributed by atoms with Crippen LogP contribution in [0.25, 0.3) is 11.0 Å². The SMILES string of the molecule is COc1ccc(C(=O)O)cc1NS(=O)(=O)c1cc2ccccc2o1. The molecule has 8 heteroatoms. The quantitative estimate of drug-likeness (QED) is 0.735. The molecule has 0 aliphatic carbocycles. The van der Waals surface area contributed by atoms with Crippen molar-refractivity contribution in [2.75, 3.05) is 11.8 Å². The maximum absolute atomic E-state index is 12.5. The van der Waals surface area contributed by atoms with Crippen molar-refractivity contribution in [3.63, 3.8) is 0 Å². The van der Waals surface area contributed by atoms with Gasteiger partial charge in [0.2, 0.25) is 5.09 Å². The summed E-state index contributed by atoms with van der Waals surface area (Å²) >= 11 is 0. The highest BCUT2D eigenvalue weighted by Crippen LogP contribution is 2.30. The molecule has 3 aromatic rings. The van der Waals surface area contributed by atoms with Crippen molar-refractivity contribution >= 4 is 32.6 Å². The highest BCUT2D eigenvalue weighted by Gasteiger charge is 2.22. The van der Waals surface area contributed by atoms with Gasteiger partial charge in [-0.2, -0.15) is 8.42 Å². The first-order chi connectivity index (χ1) is 11.4. The maximum Gasteiger partial charge on any atom is 0.335 e. The monoisotopic (exact) mass is 347 g/mol. The molecule has 24 heavy (non-hydrogen) atoms. The number of carboxylic acids is 1. The lowest BCUT2D eigenvalue weighted by atomic mass is 10.2. The van der Waals surface area contributed by atoms with Crippen LogP contribution in [0.5, 0.6) is 5.75 Å². The maximum atomic E-state index is 12.5. The zero-order valence-corrected chi connectivity index (χ0v) is 13.3. The van der Waals surface area contributed by atoms with Crippen LogP contribution in [0.1, 0.15) is 10.4 Å². The number of furan rings is 1. The molecule has 0 saturated carbocycles. The Bertz CT molecular complexity index is 989. The predicted molar refractivity (Wildman–Crippen MR) is 87.0 cm³/mol. The molecule has 0 fully saturated rings. The molecule has 7 nitrogen and oxygen atoms in total. The second-order valence-corrected chi connectivity index (χ2v) is 6.54. The summed E-state index contributed by atoms with van der Waals surface area (Å²) in [6.07, 6.45) is 0. The second kappa shape index (κ2) is 5.89. The molecule has 3 rings (SSSR count). The van der Waals surface area contributed by atoms with Gasteiger partial charge in [-0.1, -0.05) is 18.2 Å². The van der Waals surface area contributed by atoms with Crippen LogP contribution in [-0.2, 0) is 10.0 Å². The number of carbonyl (C=O) groups is 1. The fourth-order valence-electron chi connectivity index (χ4n) is 2.21. The second-order valence-electron chi connectivity index (χ2n) is 4.93. The summed E-state index contributed by atoms with van der Waals surface area (Å²) in [4.78, 5) is 11.1. The van der Waals surface area contributed by atoms with Crippen LogP contribution in [-0.4, -0.2) is 26.6 Å². The number of benzene rings is 2. The van der Waals surface area contributed by atoms with Gasteiger partial charge in [-0.15, -0.1) is 0 Å². The number of rotatable bonds is 5. The molecule has 0 spiro atoms. The number of nitrogens with one attached hydrogen (secondary N) is 1. The van der Waals surface area contributed by atoms with E-state index >= 15 is 0 Å². The van der Waals surface area contributed by atoms with Crippen molar-refractivity contribution in [3.8, 4) is 5.75 Å². The number of anilines is 1. The van der Waals surface area contributed by atoms with Crippen LogP contribution >= 0.6 is 0 Å². The molecule has 1 heterocycles. The van der Waals surface area contributed by atoms with Crippen LogP contribution in [0.4, 0.5) is 5.69 Å². The highest BCUT2D eigenvalue weighted by molar-refractivity contribution is 7.92. The Kier molecular flexibility index (Phi) is 3.90. The van der Waals surface area contributed by atoms with E-state index in [0.717, 1.165) is 0 Å². The smallest absolute Gasteiger partial charge is 0.335 e. The lowest BCUT2D eigenvalue weighted by Crippen LogP contribution is -2.13. The van der Waals surface area contributed by atoms with Crippen molar-refractivity contribution in [2.45, 2.75) is 5.09 Å². The number of fused-ring (bicyclic) bond motifs is 1. The summed E-state index contributed by atoms with van der Waals surface area (Å²) in [6, 6.07) is 12.1. The van der Waals surface area contributed by atoms with Gasteiger partial charge in [0.15, 0.2) is 0 Å². The third kappa shape index (κ3) is 2.91. The molecule has 2 aromatic carbocycles. The molecule has 2 N–H and O–H groups in total. The number of hydrogen-bond acceptors (Lipinski definition) is 5. The van der Waals surface area contributed by atoms with Gasteiger partial charge in [-0.05, 0) is 24.3 Å². The summed E-state index contributed by atoms with van der Waals surface area (Å²) in [6.45, 7) is 0. The zero-order chi connectivity index (χ0) is 17.3. The van der Waals surface area contributed by atoms with Crippen molar-refractivity contribution in [2.24, 2.45) is 0 Å². The molecule has 0 amide bonds. The molecule has 124 valence electrons. The van der Waals surface area contributed by atoms with Crippen LogP contribution in [0, 0.1) is 0 Å². The third-order valence-electron chi connectivity index (χ3n) is 3.36. The van der Waals surface area contributed by atoms with Gasteiger partial charge in [0.05, 0.1) is 18.4 Å². The Morgan fingerprint density at radius 3 is 2.58 bits per heavy atom. The largest absolute Gasteiger partial charge is 0.495 e. The first kappa shape index (κ1) is 15.9. The topological polar surface area (TPSA) is 106 Å². The number of hydrogen-bond donors (Lipinski definition) is 2. The molecule has 1 aromatic heterocycles. The van der Waals surface area contributed by atoms with E-state index in [9.17, 15) is 13.2 Å². The van der Waals surface area contributed by atoms with Gasteiger partial charge >= 0.3 is 5.97 Å². The summed E-state index contributed by atoms with van der Waals surface area (Å²) in [5.74, 6) is -0.985. The third-order valence-corrected chi connectivity index (χ3v) is 4.58. The van der Waals surface area contributed by atoms with Gasteiger partial charge in [-0.25, -0.2) is 4.79 Å². The number of sulfonamides is 1. The van der Waals surface area contributed by atoms with E-state index in [2.05, 4.69) is 4.72 Å². The minimum atomic E-state index is -4.04. The molecule has 0 radical (unpaired) electrons. The standard InChI is InChI=1S/C16H13NO6S/c1-22-14-7-6-11(16(18)19)8-12(14)17-24(20,21)15-9-10-4-2-3-5-13(10)23-15/h2-9,17H,1H3,(H,18,19). The number of ether oxygens (including phenoxy) is 1. The van der Waals surface area contributed by atoms with E-state index in [-0.39, 0.29) is 22.1 Å². The fourth-order valence-corrected chi connectivity index (χ4v) is 3.24. The first-order valence-corrected chi connectivity index (χ1v) is 8.32. The van der Waals surface area contributed by atoms with Crippen molar-refractivity contribution < 1.29 is 27.5 Å². The normalized spacial score (nSPS) is 11.4. The van der Waals surface area contributed by atoms with E-state index < -0.39 is 16.0 Å². The van der Waals surface area contributed by atoms with Gasteiger partial charge in [0, 0.05) is 11.5 Å². The molecule has 0 saturated heterocycles. The molecule has 0 atom stereocenters. The van der Waals surface area contributed by atoms with Gasteiger partial charge in [-0.3, -0.25) is 4.72 Å². The van der Waals surface area contributed by atoms with Gasteiger partial charge < -0.3 is 14.3 Å². The molecular weight excluding hydrogens is 334 g/mol. The summed E-state index contributed by atoms with van der Waals surface area (Å²) in [5.41, 5.74) is 0.375. The highest BCUT2D eigenvalue weighted by atomic mass is 32.2. The van der Waals surface area contributed by atoms with E-state index in [1.807, 2.05) is 0 Å². The van der Waals surface area contributed by atoms with E-state index in [1.54, 1.807) is 24.3 Å². The Balaban J connectivity index is 2.02. The fraction of sp³-hybridized carbons (Fsp3) is 0.0625. The Morgan fingerprint density at radius 2 is 1.92 bits per heavy atom. The summed E-state index contributed by atoms with van der Waals surface area (Å²) < 4.78 is 37.7. The molecule has 0 aliphatic heterocycles. The van der Waals surface area contributed by atoms with Crippen LogP contribution in [0.3, 0.4) is 0 Å². The molecule has 0 unspecified atom stereocenters. The summed E-state index contributed by atoms with van der Waals surface area (Å²) in [7, 11) is -2.68. The minimum Gasteiger partial charge on any atom is -0.495 e. The average Bonchev–Trinajstić information content (AvgIpc) is 2.99. The summed E-state index contributed by atoms with van der Waals surface area (Å²) in [5, 5.41) is 9.42.